The fourth-order valence-electron chi connectivity index (χ4n) is 3.48. The van der Waals surface area contributed by atoms with Gasteiger partial charge >= 0.3 is 10.3 Å². The highest BCUT2D eigenvalue weighted by Gasteiger charge is 2.45. The van der Waals surface area contributed by atoms with Crippen molar-refractivity contribution >= 4 is 38.7 Å². The van der Waals surface area contributed by atoms with E-state index in [9.17, 15) is 23.4 Å². The molecule has 7 N–H and O–H groups in total. The van der Waals surface area contributed by atoms with E-state index in [1.165, 1.54) is 29.2 Å². The number of nitrogens with zero attached hydrogens (tertiary/aromatic N) is 3. The molecule has 14 heteroatoms. The Balaban J connectivity index is 1.43. The van der Waals surface area contributed by atoms with Crippen molar-refractivity contribution in [1.29, 1.82) is 0 Å². The first-order chi connectivity index (χ1) is 15.6. The summed E-state index contributed by atoms with van der Waals surface area (Å²) >= 11 is 0. The predicted octanol–water partition coefficient (Wildman–Crippen LogP) is -0.785. The number of nitrogens with two attached hydrogens (primary N) is 2. The normalized spacial score (nSPS) is 23.1. The third-order valence-corrected chi connectivity index (χ3v) is 6.04. The van der Waals surface area contributed by atoms with E-state index in [0.29, 0.717) is 16.9 Å². The molecule has 1 amide bonds. The minimum absolute atomic E-state index is 0.0424. The number of fused-ring (bicyclic) bond motifs is 1. The second kappa shape index (κ2) is 8.57. The van der Waals surface area contributed by atoms with Gasteiger partial charge in [-0.1, -0.05) is 6.07 Å². The van der Waals surface area contributed by atoms with Gasteiger partial charge in [-0.05, 0) is 30.7 Å². The van der Waals surface area contributed by atoms with Crippen molar-refractivity contribution in [2.75, 3.05) is 18.1 Å². The number of carbonyl (C=O) groups excluding carboxylic acids is 1. The van der Waals surface area contributed by atoms with E-state index < -0.39 is 47.4 Å². The van der Waals surface area contributed by atoms with Gasteiger partial charge in [-0.2, -0.15) is 8.42 Å². The molecule has 3 heterocycles. The summed E-state index contributed by atoms with van der Waals surface area (Å²) in [5.74, 6) is -0.980. The van der Waals surface area contributed by atoms with Crippen molar-refractivity contribution in [1.82, 2.24) is 19.3 Å². The number of aromatic nitrogens is 3. The molecule has 0 saturated carbocycles. The van der Waals surface area contributed by atoms with E-state index in [1.807, 2.05) is 0 Å². The number of hydrogen-bond donors (Lipinski definition) is 5. The fraction of sp³-hybridized carbons (Fsp3) is 0.316. The van der Waals surface area contributed by atoms with Crippen LogP contribution in [0.2, 0.25) is 0 Å². The van der Waals surface area contributed by atoms with E-state index in [0.717, 1.165) is 5.56 Å². The topological polar surface area (TPSA) is 205 Å². The Labute approximate surface area is 188 Å². The van der Waals surface area contributed by atoms with Gasteiger partial charge in [0.2, 0.25) is 0 Å². The van der Waals surface area contributed by atoms with Gasteiger partial charge in [0.25, 0.3) is 5.91 Å². The zero-order valence-corrected chi connectivity index (χ0v) is 18.1. The molecular weight excluding hydrogens is 456 g/mol. The van der Waals surface area contributed by atoms with Crippen LogP contribution in [0.25, 0.3) is 11.2 Å². The quantitative estimate of drug-likeness (QED) is 0.278. The highest BCUT2D eigenvalue weighted by Crippen LogP contribution is 2.32. The van der Waals surface area contributed by atoms with Crippen LogP contribution in [0.15, 0.2) is 36.8 Å². The summed E-state index contributed by atoms with van der Waals surface area (Å²) < 4.78 is 38.0. The van der Waals surface area contributed by atoms with Gasteiger partial charge in [0.15, 0.2) is 11.9 Å². The summed E-state index contributed by atoms with van der Waals surface area (Å²) in [6.45, 7) is 1.09. The van der Waals surface area contributed by atoms with Crippen molar-refractivity contribution < 1.29 is 32.3 Å². The number of aliphatic hydroxyl groups is 2. The number of anilines is 2. The number of nitrogen functional groups attached to an aromatic ring is 2. The number of carbonyl (C=O) groups is 1. The standard InChI is InChI=1S/C19H22N6O7S/c1-9-2-3-10(12(21)6-9)18(28)24-33(29,30)31-7-13-15(26)16(27)19(32-13)25-8-23-14-11(20)4-5-22-17(14)25/h2-6,8,13,15-16,19,26-27H,7,21H2,1H3,(H2,20,22)(H,24,28)/t13-,15-,16-,19-/m1/s1. The van der Waals surface area contributed by atoms with Crippen LogP contribution in [0, 0.1) is 6.92 Å². The maximum Gasteiger partial charge on any atom is 0.362 e. The molecule has 1 saturated heterocycles. The number of amides is 1. The highest BCUT2D eigenvalue weighted by atomic mass is 32.2. The number of imidazole rings is 1. The lowest BCUT2D eigenvalue weighted by Gasteiger charge is -2.16. The maximum atomic E-state index is 12.3. The Hall–Kier alpha value is -3.30. The van der Waals surface area contributed by atoms with Crippen molar-refractivity contribution in [2.45, 2.75) is 31.5 Å². The molecule has 0 radical (unpaired) electrons. The molecule has 0 unspecified atom stereocenters. The molecule has 13 nitrogen and oxygen atoms in total. The summed E-state index contributed by atoms with van der Waals surface area (Å²) in [7, 11) is -4.57. The SMILES string of the molecule is Cc1ccc(C(=O)NS(=O)(=O)OC[C@H]2O[C@@H](n3cnc4c(N)ccnc43)[C@H](O)[C@@H]2O)c(N)c1. The molecule has 0 bridgehead atoms. The zero-order chi connectivity index (χ0) is 23.9. The molecule has 3 aromatic rings. The first-order valence-electron chi connectivity index (χ1n) is 9.73. The largest absolute Gasteiger partial charge is 0.398 e. The van der Waals surface area contributed by atoms with E-state index >= 15 is 0 Å². The molecule has 4 atom stereocenters. The molecule has 176 valence electrons. The van der Waals surface area contributed by atoms with Gasteiger partial charge in [-0.15, -0.1) is 0 Å². The van der Waals surface area contributed by atoms with E-state index in [4.69, 9.17) is 20.4 Å². The lowest BCUT2D eigenvalue weighted by molar-refractivity contribution is -0.0468. The van der Waals surface area contributed by atoms with Gasteiger partial charge in [0.05, 0.1) is 24.2 Å². The third-order valence-electron chi connectivity index (χ3n) is 5.16. The Bertz CT molecular complexity index is 1310. The van der Waals surface area contributed by atoms with E-state index in [-0.39, 0.29) is 11.3 Å². The summed E-state index contributed by atoms with van der Waals surface area (Å²) in [5.41, 5.74) is 13.5. The summed E-state index contributed by atoms with van der Waals surface area (Å²) in [6.07, 6.45) is -2.52. The van der Waals surface area contributed by atoms with Gasteiger partial charge < -0.3 is 26.4 Å². The third kappa shape index (κ3) is 4.46. The molecule has 0 aliphatic carbocycles. The van der Waals surface area contributed by atoms with Crippen LogP contribution in [0.4, 0.5) is 11.4 Å². The number of rotatable bonds is 6. The molecule has 1 aliphatic heterocycles. The number of nitrogens with one attached hydrogen (secondary N) is 1. The minimum atomic E-state index is -4.57. The van der Waals surface area contributed by atoms with Crippen LogP contribution in [0.3, 0.4) is 0 Å². The first-order valence-corrected chi connectivity index (χ1v) is 11.1. The van der Waals surface area contributed by atoms with E-state index in [2.05, 4.69) is 9.97 Å². The Morgan fingerprint density at radius 2 is 1.97 bits per heavy atom. The number of ether oxygens (including phenoxy) is 1. The van der Waals surface area contributed by atoms with Crippen molar-refractivity contribution in [3.05, 3.63) is 47.9 Å². The van der Waals surface area contributed by atoms with Crippen molar-refractivity contribution in [3.8, 4) is 0 Å². The summed E-state index contributed by atoms with van der Waals surface area (Å²) in [4.78, 5) is 20.5. The Morgan fingerprint density at radius 1 is 1.21 bits per heavy atom. The second-order valence-corrected chi connectivity index (χ2v) is 8.88. The van der Waals surface area contributed by atoms with E-state index in [1.54, 1.807) is 23.8 Å². The minimum Gasteiger partial charge on any atom is -0.398 e. The van der Waals surface area contributed by atoms with Gasteiger partial charge in [0, 0.05) is 11.9 Å². The van der Waals surface area contributed by atoms with Gasteiger partial charge in [-0.3, -0.25) is 13.5 Å². The number of pyridine rings is 1. The molecule has 1 fully saturated rings. The zero-order valence-electron chi connectivity index (χ0n) is 17.3. The number of benzene rings is 1. The van der Waals surface area contributed by atoms with Crippen LogP contribution in [-0.2, 0) is 19.2 Å². The molecule has 2 aromatic heterocycles. The molecule has 4 rings (SSSR count). The smallest absolute Gasteiger partial charge is 0.362 e. The van der Waals surface area contributed by atoms with Crippen LogP contribution in [0.5, 0.6) is 0 Å². The molecule has 1 aliphatic rings. The summed E-state index contributed by atoms with van der Waals surface area (Å²) in [5, 5.41) is 20.8. The Morgan fingerprint density at radius 3 is 2.70 bits per heavy atom. The lowest BCUT2D eigenvalue weighted by atomic mass is 10.1. The Kier molecular flexibility index (Phi) is 5.94. The summed E-state index contributed by atoms with van der Waals surface area (Å²) in [6, 6.07) is 6.07. The van der Waals surface area contributed by atoms with Crippen molar-refractivity contribution in [2.24, 2.45) is 0 Å². The van der Waals surface area contributed by atoms with Gasteiger partial charge in [0.1, 0.15) is 23.8 Å². The first kappa shape index (κ1) is 22.9. The number of hydrogen-bond acceptors (Lipinski definition) is 11. The van der Waals surface area contributed by atoms with Crippen molar-refractivity contribution in [3.63, 3.8) is 0 Å². The molecule has 1 aromatic carbocycles. The monoisotopic (exact) mass is 478 g/mol. The highest BCUT2D eigenvalue weighted by molar-refractivity contribution is 7.85. The second-order valence-electron chi connectivity index (χ2n) is 7.53. The molecule has 0 spiro atoms. The lowest BCUT2D eigenvalue weighted by Crippen LogP contribution is -2.38. The predicted molar refractivity (Wildman–Crippen MR) is 116 cm³/mol. The van der Waals surface area contributed by atoms with Crippen LogP contribution < -0.4 is 16.2 Å². The van der Waals surface area contributed by atoms with Crippen LogP contribution in [0.1, 0.15) is 22.1 Å². The van der Waals surface area contributed by atoms with Crippen LogP contribution >= 0.6 is 0 Å². The average molecular weight is 478 g/mol. The average Bonchev–Trinajstić information content (AvgIpc) is 3.29. The van der Waals surface area contributed by atoms with Crippen LogP contribution in [-0.4, -0.2) is 64.0 Å². The number of aliphatic hydroxyl groups excluding tert-OH is 2. The van der Waals surface area contributed by atoms with Gasteiger partial charge in [-0.25, -0.2) is 14.7 Å². The molecule has 33 heavy (non-hydrogen) atoms. The fourth-order valence-corrected chi connectivity index (χ4v) is 4.19. The number of aryl methyl sites for hydroxylation is 1. The maximum absolute atomic E-state index is 12.3. The molecular formula is C19H22N6O7S.